The van der Waals surface area contributed by atoms with Crippen LogP contribution in [0.5, 0.6) is 0 Å². The molecule has 1 N–H and O–H groups in total. The highest BCUT2D eigenvalue weighted by Gasteiger charge is 2.09. The van der Waals surface area contributed by atoms with Gasteiger partial charge in [-0.15, -0.1) is 6.58 Å². The van der Waals surface area contributed by atoms with Gasteiger partial charge in [-0.05, 0) is 46.0 Å². The molecule has 130 valence electrons. The summed E-state index contributed by atoms with van der Waals surface area (Å²) in [6, 6.07) is 0. The molecule has 23 heavy (non-hydrogen) atoms. The molecule has 5 nitrogen and oxygen atoms in total. The van der Waals surface area contributed by atoms with Gasteiger partial charge in [0.2, 0.25) is 0 Å². The van der Waals surface area contributed by atoms with E-state index in [1.807, 2.05) is 27.0 Å². The third-order valence-electron chi connectivity index (χ3n) is 4.04. The zero-order valence-corrected chi connectivity index (χ0v) is 15.2. The highest BCUT2D eigenvalue weighted by atomic mass is 16.5. The lowest BCUT2D eigenvalue weighted by atomic mass is 10.1. The summed E-state index contributed by atoms with van der Waals surface area (Å²) >= 11 is 0. The van der Waals surface area contributed by atoms with Crippen molar-refractivity contribution in [3.63, 3.8) is 0 Å². The molecular formula is C18H32N4O. The van der Waals surface area contributed by atoms with E-state index in [0.717, 1.165) is 49.8 Å². The Hall–Kier alpha value is -1.78. The van der Waals surface area contributed by atoms with Crippen molar-refractivity contribution in [2.75, 3.05) is 27.2 Å². The van der Waals surface area contributed by atoms with Crippen molar-refractivity contribution < 1.29 is 4.52 Å². The maximum absolute atomic E-state index is 5.20. The first-order valence-electron chi connectivity index (χ1n) is 8.54. The number of guanidine groups is 1. The predicted molar refractivity (Wildman–Crippen MR) is 97.0 cm³/mol. The number of aliphatic imine (C=N–C) groups is 1. The molecule has 0 aliphatic rings. The van der Waals surface area contributed by atoms with Crippen LogP contribution in [-0.2, 0) is 6.42 Å². The second-order valence-corrected chi connectivity index (χ2v) is 5.94. The van der Waals surface area contributed by atoms with Gasteiger partial charge >= 0.3 is 0 Å². The van der Waals surface area contributed by atoms with Crippen LogP contribution in [0.4, 0.5) is 0 Å². The van der Waals surface area contributed by atoms with E-state index in [0.29, 0.717) is 0 Å². The fraction of sp³-hybridized carbons (Fsp3) is 0.667. The molecule has 0 spiro atoms. The fourth-order valence-corrected chi connectivity index (χ4v) is 2.63. The topological polar surface area (TPSA) is 53.7 Å². The van der Waals surface area contributed by atoms with Gasteiger partial charge in [-0.25, -0.2) is 0 Å². The molecule has 0 saturated carbocycles. The third-order valence-corrected chi connectivity index (χ3v) is 4.04. The summed E-state index contributed by atoms with van der Waals surface area (Å²) in [5, 5.41) is 7.43. The molecule has 0 aliphatic carbocycles. The minimum atomic E-state index is 0.900. The normalized spacial score (nSPS) is 11.6. The van der Waals surface area contributed by atoms with Gasteiger partial charge < -0.3 is 14.7 Å². The van der Waals surface area contributed by atoms with Crippen LogP contribution in [0.1, 0.15) is 49.1 Å². The zero-order chi connectivity index (χ0) is 17.1. The van der Waals surface area contributed by atoms with Crippen molar-refractivity contribution in [1.29, 1.82) is 0 Å². The van der Waals surface area contributed by atoms with Gasteiger partial charge in [0.05, 0.1) is 5.69 Å². The number of allylic oxidation sites excluding steroid dienone is 1. The number of hydrogen-bond acceptors (Lipinski definition) is 3. The van der Waals surface area contributed by atoms with E-state index in [1.54, 1.807) is 0 Å². The highest BCUT2D eigenvalue weighted by Crippen LogP contribution is 2.13. The largest absolute Gasteiger partial charge is 0.361 e. The maximum Gasteiger partial charge on any atom is 0.193 e. The SMILES string of the molecule is C=CCCCCCN(C)C(=NC)NCCCc1c(C)noc1C. The van der Waals surface area contributed by atoms with Crippen LogP contribution < -0.4 is 5.32 Å². The summed E-state index contributed by atoms with van der Waals surface area (Å²) in [6.07, 6.45) is 8.76. The van der Waals surface area contributed by atoms with Gasteiger partial charge in [0.1, 0.15) is 5.76 Å². The van der Waals surface area contributed by atoms with E-state index >= 15 is 0 Å². The molecule has 1 aromatic rings. The molecule has 0 unspecified atom stereocenters. The lowest BCUT2D eigenvalue weighted by Gasteiger charge is -2.22. The van der Waals surface area contributed by atoms with E-state index in [-0.39, 0.29) is 0 Å². The molecule has 1 aromatic heterocycles. The number of aromatic nitrogens is 1. The van der Waals surface area contributed by atoms with Crippen LogP contribution in [0.15, 0.2) is 22.2 Å². The Morgan fingerprint density at radius 3 is 2.70 bits per heavy atom. The molecule has 0 atom stereocenters. The molecule has 0 bridgehead atoms. The molecule has 0 aliphatic heterocycles. The molecule has 5 heteroatoms. The van der Waals surface area contributed by atoms with Crippen LogP contribution in [-0.4, -0.2) is 43.2 Å². The van der Waals surface area contributed by atoms with Crippen LogP contribution in [0.3, 0.4) is 0 Å². The Morgan fingerprint density at radius 1 is 1.30 bits per heavy atom. The average Bonchev–Trinajstić information content (AvgIpc) is 2.86. The summed E-state index contributed by atoms with van der Waals surface area (Å²) in [7, 11) is 3.93. The van der Waals surface area contributed by atoms with Crippen molar-refractivity contribution in [3.8, 4) is 0 Å². The summed E-state index contributed by atoms with van der Waals surface area (Å²) in [5.41, 5.74) is 2.24. The second kappa shape index (κ2) is 10.9. The molecule has 1 heterocycles. The standard InChI is InChI=1S/C18H32N4O/c1-6-7-8-9-10-14-22(5)18(19-4)20-13-11-12-17-15(2)21-23-16(17)3/h6H,1,7-14H2,2-5H3,(H,19,20). The van der Waals surface area contributed by atoms with Crippen LogP contribution >= 0.6 is 0 Å². The Bertz CT molecular complexity index is 474. The molecule has 0 amide bonds. The van der Waals surface area contributed by atoms with Crippen LogP contribution in [0.2, 0.25) is 0 Å². The van der Waals surface area contributed by atoms with Crippen LogP contribution in [0.25, 0.3) is 0 Å². The molecule has 0 fully saturated rings. The van der Waals surface area contributed by atoms with E-state index in [2.05, 4.69) is 34.0 Å². The van der Waals surface area contributed by atoms with Gasteiger partial charge in [-0.1, -0.05) is 17.7 Å². The first-order chi connectivity index (χ1) is 11.1. The zero-order valence-electron chi connectivity index (χ0n) is 15.2. The quantitative estimate of drug-likeness (QED) is 0.310. The molecule has 0 aromatic carbocycles. The van der Waals surface area contributed by atoms with E-state index in [4.69, 9.17) is 4.52 Å². The third kappa shape index (κ3) is 6.89. The number of hydrogen-bond donors (Lipinski definition) is 1. The van der Waals surface area contributed by atoms with Crippen LogP contribution in [0, 0.1) is 13.8 Å². The van der Waals surface area contributed by atoms with Crippen molar-refractivity contribution in [2.24, 2.45) is 4.99 Å². The van der Waals surface area contributed by atoms with Crippen molar-refractivity contribution in [1.82, 2.24) is 15.4 Å². The van der Waals surface area contributed by atoms with E-state index < -0.39 is 0 Å². The number of unbranched alkanes of at least 4 members (excludes halogenated alkanes) is 3. The number of rotatable bonds is 10. The van der Waals surface area contributed by atoms with E-state index in [1.165, 1.54) is 24.8 Å². The lowest BCUT2D eigenvalue weighted by Crippen LogP contribution is -2.39. The number of nitrogens with zero attached hydrogens (tertiary/aromatic N) is 3. The first kappa shape index (κ1) is 19.3. The minimum absolute atomic E-state index is 0.900. The van der Waals surface area contributed by atoms with Crippen molar-refractivity contribution in [2.45, 2.75) is 52.4 Å². The van der Waals surface area contributed by atoms with Gasteiger partial charge in [0, 0.05) is 32.7 Å². The van der Waals surface area contributed by atoms with Gasteiger partial charge in [-0.3, -0.25) is 4.99 Å². The predicted octanol–water partition coefficient (Wildman–Crippen LogP) is 3.48. The molecular weight excluding hydrogens is 288 g/mol. The average molecular weight is 320 g/mol. The molecule has 0 saturated heterocycles. The summed E-state index contributed by atoms with van der Waals surface area (Å²) in [4.78, 5) is 6.56. The summed E-state index contributed by atoms with van der Waals surface area (Å²) in [6.45, 7) is 9.66. The molecule has 1 rings (SSSR count). The smallest absolute Gasteiger partial charge is 0.193 e. The Kier molecular flexibility index (Phi) is 9.10. The number of aryl methyl sites for hydroxylation is 2. The van der Waals surface area contributed by atoms with Gasteiger partial charge in [-0.2, -0.15) is 0 Å². The summed E-state index contributed by atoms with van der Waals surface area (Å²) in [5.74, 6) is 1.90. The Balaban J connectivity index is 2.24. The summed E-state index contributed by atoms with van der Waals surface area (Å²) < 4.78 is 5.20. The monoisotopic (exact) mass is 320 g/mol. The van der Waals surface area contributed by atoms with E-state index in [9.17, 15) is 0 Å². The second-order valence-electron chi connectivity index (χ2n) is 5.94. The fourth-order valence-electron chi connectivity index (χ4n) is 2.63. The maximum atomic E-state index is 5.20. The Morgan fingerprint density at radius 2 is 2.09 bits per heavy atom. The number of nitrogens with one attached hydrogen (secondary N) is 1. The first-order valence-corrected chi connectivity index (χ1v) is 8.54. The molecule has 0 radical (unpaired) electrons. The van der Waals surface area contributed by atoms with Crippen molar-refractivity contribution >= 4 is 5.96 Å². The van der Waals surface area contributed by atoms with Crippen molar-refractivity contribution in [3.05, 3.63) is 29.7 Å². The van der Waals surface area contributed by atoms with Gasteiger partial charge in [0.25, 0.3) is 0 Å². The van der Waals surface area contributed by atoms with Gasteiger partial charge in [0.15, 0.2) is 5.96 Å². The Labute approximate surface area is 140 Å². The minimum Gasteiger partial charge on any atom is -0.361 e. The lowest BCUT2D eigenvalue weighted by molar-refractivity contribution is 0.392. The highest BCUT2D eigenvalue weighted by molar-refractivity contribution is 5.79.